The maximum absolute atomic E-state index is 13.4. The van der Waals surface area contributed by atoms with Crippen LogP contribution in [0.2, 0.25) is 0 Å². The monoisotopic (exact) mass is 259 g/mol. The minimum atomic E-state index is -0.395. The predicted molar refractivity (Wildman–Crippen MR) is 72.3 cm³/mol. The first kappa shape index (κ1) is 13.4. The van der Waals surface area contributed by atoms with Crippen molar-refractivity contribution in [2.24, 2.45) is 0 Å². The summed E-state index contributed by atoms with van der Waals surface area (Å²) in [4.78, 5) is 0. The first-order valence-corrected chi connectivity index (χ1v) is 6.04. The summed E-state index contributed by atoms with van der Waals surface area (Å²) in [6.07, 6.45) is 0. The van der Waals surface area contributed by atoms with E-state index in [1.54, 1.807) is 13.2 Å². The number of hydrogen-bond acceptors (Lipinski definition) is 2. The summed E-state index contributed by atoms with van der Waals surface area (Å²) in [6.45, 7) is 2.05. The van der Waals surface area contributed by atoms with Gasteiger partial charge in [0.1, 0.15) is 5.75 Å². The Kier molecular flexibility index (Phi) is 4.05. The van der Waals surface area contributed by atoms with E-state index >= 15 is 0 Å². The van der Waals surface area contributed by atoms with E-state index in [1.807, 2.05) is 31.2 Å². The minimum Gasteiger partial charge on any atom is -0.497 e. The van der Waals surface area contributed by atoms with E-state index in [0.29, 0.717) is 0 Å². The molecule has 0 saturated heterocycles. The normalized spacial score (nSPS) is 12.0. The largest absolute Gasteiger partial charge is 0.497 e. The summed E-state index contributed by atoms with van der Waals surface area (Å²) < 4.78 is 23.5. The van der Waals surface area contributed by atoms with E-state index in [2.05, 4.69) is 6.07 Å². The van der Waals surface area contributed by atoms with Crippen molar-refractivity contribution >= 4 is 0 Å². The number of ether oxygens (including phenoxy) is 2. The van der Waals surface area contributed by atoms with Crippen molar-refractivity contribution in [2.45, 2.75) is 12.8 Å². The highest BCUT2D eigenvalue weighted by Gasteiger charge is 2.12. The van der Waals surface area contributed by atoms with E-state index in [9.17, 15) is 4.39 Å². The van der Waals surface area contributed by atoms with Gasteiger partial charge in [0.25, 0.3) is 0 Å². The van der Waals surface area contributed by atoms with Crippen LogP contribution in [0.3, 0.4) is 0 Å². The Morgan fingerprint density at radius 3 is 2.37 bits per heavy atom. The maximum atomic E-state index is 13.4. The molecule has 1 atom stereocenters. The molecule has 0 aromatic heterocycles. The van der Waals surface area contributed by atoms with Crippen molar-refractivity contribution in [1.82, 2.24) is 0 Å². The fourth-order valence-corrected chi connectivity index (χ4v) is 1.95. The zero-order valence-corrected chi connectivity index (χ0v) is 11.2. The summed E-state index contributed by atoms with van der Waals surface area (Å²) >= 11 is 0. The van der Waals surface area contributed by atoms with Gasteiger partial charge in [-0.2, -0.15) is 0 Å². The third-order valence-corrected chi connectivity index (χ3v) is 3.19. The smallest absolute Gasteiger partial charge is 0.165 e. The lowest BCUT2D eigenvalue weighted by Crippen LogP contribution is -1.98. The highest BCUT2D eigenvalue weighted by molar-refractivity contribution is 5.38. The van der Waals surface area contributed by atoms with Gasteiger partial charge >= 0.3 is 0 Å². The average Bonchev–Trinajstić information content (AvgIpc) is 2.47. The molecule has 3 heteroatoms. The Morgan fingerprint density at radius 2 is 1.79 bits per heavy atom. The molecule has 0 saturated carbocycles. The Hall–Kier alpha value is -2.03. The molecule has 99 valence electrons. The highest BCUT2D eigenvalue weighted by atomic mass is 19.1. The van der Waals surface area contributed by atoms with Crippen LogP contribution in [0.4, 0.5) is 4.39 Å². The van der Waals surface area contributed by atoms with Gasteiger partial charge in [0.05, 0.1) is 14.2 Å². The molecule has 2 aromatic carbocycles. The number of methoxy groups -OCH3 is 2. The second-order valence-corrected chi connectivity index (χ2v) is 4.30. The summed E-state index contributed by atoms with van der Waals surface area (Å²) in [7, 11) is 3.09. The molecular weight excluding hydrogens is 243 g/mol. The van der Waals surface area contributed by atoms with Crippen molar-refractivity contribution in [2.75, 3.05) is 14.2 Å². The van der Waals surface area contributed by atoms with E-state index in [1.165, 1.54) is 13.2 Å². The van der Waals surface area contributed by atoms with Gasteiger partial charge < -0.3 is 9.47 Å². The molecule has 1 radical (unpaired) electrons. The second-order valence-electron chi connectivity index (χ2n) is 4.30. The minimum absolute atomic E-state index is 0.111. The molecule has 0 spiro atoms. The number of benzene rings is 2. The molecule has 0 aliphatic heterocycles. The van der Waals surface area contributed by atoms with E-state index in [4.69, 9.17) is 9.47 Å². The maximum Gasteiger partial charge on any atom is 0.165 e. The third kappa shape index (κ3) is 2.87. The summed E-state index contributed by atoms with van der Waals surface area (Å²) in [5.41, 5.74) is 2.01. The molecule has 2 rings (SSSR count). The van der Waals surface area contributed by atoms with Crippen LogP contribution in [0.15, 0.2) is 36.4 Å². The van der Waals surface area contributed by atoms with Crippen LogP contribution in [-0.2, 0) is 0 Å². The summed E-state index contributed by atoms with van der Waals surface area (Å²) in [6, 6.07) is 13.8. The van der Waals surface area contributed by atoms with Crippen molar-refractivity contribution in [3.8, 4) is 11.5 Å². The van der Waals surface area contributed by atoms with E-state index < -0.39 is 5.82 Å². The highest BCUT2D eigenvalue weighted by Crippen LogP contribution is 2.29. The van der Waals surface area contributed by atoms with Crippen molar-refractivity contribution in [3.05, 3.63) is 59.4 Å². The molecule has 2 aromatic rings. The molecule has 0 N–H and O–H groups in total. The molecule has 0 fully saturated rings. The van der Waals surface area contributed by atoms with Gasteiger partial charge in [0, 0.05) is 5.92 Å². The Bertz CT molecular complexity index is 549. The fourth-order valence-electron chi connectivity index (χ4n) is 1.95. The summed E-state index contributed by atoms with van der Waals surface area (Å²) in [5.74, 6) is 0.777. The van der Waals surface area contributed by atoms with Crippen LogP contribution in [0, 0.1) is 11.9 Å². The zero-order chi connectivity index (χ0) is 13.8. The van der Waals surface area contributed by atoms with E-state index in [-0.39, 0.29) is 11.7 Å². The molecule has 19 heavy (non-hydrogen) atoms. The zero-order valence-electron chi connectivity index (χ0n) is 11.2. The van der Waals surface area contributed by atoms with Crippen LogP contribution in [0.5, 0.6) is 11.5 Å². The fraction of sp³-hybridized carbons (Fsp3) is 0.250. The van der Waals surface area contributed by atoms with Gasteiger partial charge in [-0.25, -0.2) is 4.39 Å². The molecule has 0 amide bonds. The van der Waals surface area contributed by atoms with Crippen molar-refractivity contribution < 1.29 is 13.9 Å². The van der Waals surface area contributed by atoms with Gasteiger partial charge in [0.15, 0.2) is 11.6 Å². The Balaban J connectivity index is 2.29. The second kappa shape index (κ2) is 5.74. The van der Waals surface area contributed by atoms with E-state index in [0.717, 1.165) is 16.9 Å². The molecular formula is C16H16FO2. The molecule has 2 nitrogen and oxygen atoms in total. The Labute approximate surface area is 112 Å². The topological polar surface area (TPSA) is 18.5 Å². The first-order valence-electron chi connectivity index (χ1n) is 6.04. The lowest BCUT2D eigenvalue weighted by atomic mass is 9.93. The van der Waals surface area contributed by atoms with Gasteiger partial charge in [-0.1, -0.05) is 19.1 Å². The summed E-state index contributed by atoms with van der Waals surface area (Å²) in [5, 5.41) is 0. The molecule has 1 unspecified atom stereocenters. The molecule has 0 aliphatic rings. The predicted octanol–water partition coefficient (Wildman–Crippen LogP) is 3.79. The quantitative estimate of drug-likeness (QED) is 0.831. The Morgan fingerprint density at radius 1 is 1.11 bits per heavy atom. The first-order chi connectivity index (χ1) is 9.15. The van der Waals surface area contributed by atoms with Crippen molar-refractivity contribution in [3.63, 3.8) is 0 Å². The molecule has 0 heterocycles. The third-order valence-electron chi connectivity index (χ3n) is 3.19. The lowest BCUT2D eigenvalue weighted by Gasteiger charge is -2.14. The van der Waals surface area contributed by atoms with Gasteiger partial charge in [0.2, 0.25) is 0 Å². The van der Waals surface area contributed by atoms with Crippen LogP contribution in [-0.4, -0.2) is 14.2 Å². The lowest BCUT2D eigenvalue weighted by molar-refractivity contribution is 0.385. The standard InChI is InChI=1S/C16H16FO2/c1-11(12-4-7-14(18-2)8-5-12)13-6-9-15(17)16(10-13)19-3/h4-5,7-11H,1-3H3. The number of hydrogen-bond donors (Lipinski definition) is 0. The van der Waals surface area contributed by atoms with Crippen LogP contribution in [0.25, 0.3) is 0 Å². The van der Waals surface area contributed by atoms with Crippen LogP contribution >= 0.6 is 0 Å². The number of rotatable bonds is 4. The van der Waals surface area contributed by atoms with Crippen LogP contribution < -0.4 is 9.47 Å². The SMILES string of the molecule is COc1ccc(C(C)c2[c]cc(F)c(OC)c2)cc1. The molecule has 0 bridgehead atoms. The van der Waals surface area contributed by atoms with Gasteiger partial charge in [-0.15, -0.1) is 0 Å². The van der Waals surface area contributed by atoms with Gasteiger partial charge in [-0.3, -0.25) is 0 Å². The van der Waals surface area contributed by atoms with Crippen LogP contribution in [0.1, 0.15) is 24.0 Å². The molecule has 0 aliphatic carbocycles. The average molecular weight is 259 g/mol. The van der Waals surface area contributed by atoms with Gasteiger partial charge in [-0.05, 0) is 41.5 Å². The number of halogens is 1. The van der Waals surface area contributed by atoms with Crippen molar-refractivity contribution in [1.29, 1.82) is 0 Å².